The zero-order chi connectivity index (χ0) is 13.6. The van der Waals surface area contributed by atoms with Gasteiger partial charge in [0.05, 0.1) is 21.1 Å². The van der Waals surface area contributed by atoms with Crippen molar-refractivity contribution in [2.45, 2.75) is 0 Å². The van der Waals surface area contributed by atoms with Crippen molar-refractivity contribution in [3.05, 3.63) is 52.3 Å². The fraction of sp³-hybridized carbons (Fsp3) is 0. The number of nitrogens with one attached hydrogen (secondary N) is 1. The first-order valence-corrected chi connectivity index (χ1v) is 6.14. The van der Waals surface area contributed by atoms with Gasteiger partial charge in [-0.2, -0.15) is 0 Å². The van der Waals surface area contributed by atoms with E-state index in [1.165, 1.54) is 6.07 Å². The topological polar surface area (TPSA) is 28.7 Å². The number of rotatable bonds is 1. The number of hydrogen-bond acceptors (Lipinski definition) is 1. The highest BCUT2D eigenvalue weighted by atomic mass is 79.9. The van der Waals surface area contributed by atoms with Crippen LogP contribution in [0.5, 0.6) is 0 Å². The fourth-order valence-electron chi connectivity index (χ4n) is 1.82. The van der Waals surface area contributed by atoms with E-state index in [2.05, 4.69) is 25.9 Å². The quantitative estimate of drug-likeness (QED) is 0.705. The summed E-state index contributed by atoms with van der Waals surface area (Å²) in [4.78, 5) is 6.83. The Morgan fingerprint density at radius 3 is 2.58 bits per heavy atom. The number of fused-ring (bicyclic) bond motifs is 1. The number of hydrogen-bond donors (Lipinski definition) is 1. The van der Waals surface area contributed by atoms with Gasteiger partial charge in [-0.1, -0.05) is 6.07 Å². The van der Waals surface area contributed by atoms with Crippen LogP contribution in [0, 0.1) is 17.5 Å². The van der Waals surface area contributed by atoms with Crippen molar-refractivity contribution in [1.82, 2.24) is 9.97 Å². The van der Waals surface area contributed by atoms with Crippen molar-refractivity contribution in [3.63, 3.8) is 0 Å². The number of benzene rings is 2. The Morgan fingerprint density at radius 2 is 1.79 bits per heavy atom. The van der Waals surface area contributed by atoms with Gasteiger partial charge in [0.15, 0.2) is 11.6 Å². The molecule has 1 heterocycles. The fourth-order valence-corrected chi connectivity index (χ4v) is 2.19. The molecule has 1 N–H and O–H groups in total. The minimum absolute atomic E-state index is 0.221. The second-order valence-electron chi connectivity index (χ2n) is 3.97. The van der Waals surface area contributed by atoms with Gasteiger partial charge in [-0.3, -0.25) is 0 Å². The largest absolute Gasteiger partial charge is 0.338 e. The van der Waals surface area contributed by atoms with Crippen molar-refractivity contribution in [2.75, 3.05) is 0 Å². The lowest BCUT2D eigenvalue weighted by atomic mass is 10.2. The van der Waals surface area contributed by atoms with Crippen molar-refractivity contribution in [1.29, 1.82) is 0 Å². The van der Waals surface area contributed by atoms with Crippen LogP contribution in [0.3, 0.4) is 0 Å². The summed E-state index contributed by atoms with van der Waals surface area (Å²) in [5.41, 5.74) is 0.785. The van der Waals surface area contributed by atoms with Gasteiger partial charge in [0, 0.05) is 12.1 Å². The van der Waals surface area contributed by atoms with E-state index >= 15 is 0 Å². The van der Waals surface area contributed by atoms with Crippen LogP contribution in [0.25, 0.3) is 22.4 Å². The van der Waals surface area contributed by atoms with E-state index in [9.17, 15) is 13.2 Å². The molecule has 0 saturated heterocycles. The number of nitrogens with zero attached hydrogens (tertiary/aromatic N) is 1. The summed E-state index contributed by atoms with van der Waals surface area (Å²) in [5.74, 6) is -2.22. The molecule has 2 aromatic carbocycles. The Kier molecular flexibility index (Phi) is 2.82. The van der Waals surface area contributed by atoms with E-state index in [4.69, 9.17) is 0 Å². The molecule has 2 nitrogen and oxygen atoms in total. The van der Waals surface area contributed by atoms with Crippen LogP contribution >= 0.6 is 15.9 Å². The van der Waals surface area contributed by atoms with Crippen LogP contribution in [-0.4, -0.2) is 9.97 Å². The molecule has 6 heteroatoms. The van der Waals surface area contributed by atoms with Gasteiger partial charge in [0.25, 0.3) is 0 Å². The van der Waals surface area contributed by atoms with Gasteiger partial charge < -0.3 is 4.98 Å². The smallest absolute Gasteiger partial charge is 0.161 e. The standard InChI is InChI=1S/C13H6BrF3N2/c14-7-3-1-2-6(12(7)17)13-18-10-4-8(15)9(16)5-11(10)19-13/h1-5H,(H,18,19). The molecule has 0 saturated carbocycles. The van der Waals surface area contributed by atoms with Crippen LogP contribution < -0.4 is 0 Å². The summed E-state index contributed by atoms with van der Waals surface area (Å²) in [6.45, 7) is 0. The number of H-pyrrole nitrogens is 1. The molecule has 0 fully saturated rings. The molecular weight excluding hydrogens is 321 g/mol. The highest BCUT2D eigenvalue weighted by molar-refractivity contribution is 9.10. The first kappa shape index (κ1) is 12.2. The summed E-state index contributed by atoms with van der Waals surface area (Å²) in [6, 6.07) is 6.71. The Labute approximate surface area is 114 Å². The molecule has 0 spiro atoms. The van der Waals surface area contributed by atoms with E-state index in [-0.39, 0.29) is 16.9 Å². The minimum Gasteiger partial charge on any atom is -0.338 e. The van der Waals surface area contributed by atoms with Crippen LogP contribution in [0.4, 0.5) is 13.2 Å². The lowest BCUT2D eigenvalue weighted by molar-refractivity contribution is 0.510. The van der Waals surface area contributed by atoms with Gasteiger partial charge >= 0.3 is 0 Å². The van der Waals surface area contributed by atoms with Gasteiger partial charge in [-0.05, 0) is 28.1 Å². The molecular formula is C13H6BrF3N2. The summed E-state index contributed by atoms with van der Waals surface area (Å²) < 4.78 is 40.4. The minimum atomic E-state index is -0.986. The molecule has 96 valence electrons. The van der Waals surface area contributed by atoms with E-state index in [1.807, 2.05) is 0 Å². The van der Waals surface area contributed by atoms with Gasteiger partial charge in [0.2, 0.25) is 0 Å². The van der Waals surface area contributed by atoms with Crippen molar-refractivity contribution >= 4 is 27.0 Å². The van der Waals surface area contributed by atoms with E-state index in [0.29, 0.717) is 9.99 Å². The van der Waals surface area contributed by atoms with Crippen LogP contribution in [0.15, 0.2) is 34.8 Å². The lowest BCUT2D eigenvalue weighted by Gasteiger charge is -2.00. The molecule has 0 unspecified atom stereocenters. The summed E-state index contributed by atoms with van der Waals surface area (Å²) >= 11 is 3.07. The SMILES string of the molecule is Fc1cc2nc(-c3cccc(Br)c3F)[nH]c2cc1F. The zero-order valence-electron chi connectivity index (χ0n) is 9.35. The van der Waals surface area contributed by atoms with Crippen molar-refractivity contribution in [2.24, 2.45) is 0 Å². The molecule has 1 aromatic heterocycles. The molecule has 19 heavy (non-hydrogen) atoms. The molecule has 0 atom stereocenters. The average molecular weight is 327 g/mol. The van der Waals surface area contributed by atoms with Gasteiger partial charge in [-0.15, -0.1) is 0 Å². The zero-order valence-corrected chi connectivity index (χ0v) is 10.9. The summed E-state index contributed by atoms with van der Waals surface area (Å²) in [6.07, 6.45) is 0. The van der Waals surface area contributed by atoms with Crippen LogP contribution in [0.2, 0.25) is 0 Å². The predicted molar refractivity (Wildman–Crippen MR) is 69.1 cm³/mol. The molecule has 3 aromatic rings. The monoisotopic (exact) mass is 326 g/mol. The predicted octanol–water partition coefficient (Wildman–Crippen LogP) is 4.41. The third kappa shape index (κ3) is 2.02. The normalized spacial score (nSPS) is 11.2. The first-order chi connectivity index (χ1) is 9.06. The second kappa shape index (κ2) is 4.38. The van der Waals surface area contributed by atoms with Gasteiger partial charge in [-0.25, -0.2) is 18.2 Å². The third-order valence-corrected chi connectivity index (χ3v) is 3.34. The molecule has 0 aliphatic rings. The second-order valence-corrected chi connectivity index (χ2v) is 4.82. The molecule has 0 aliphatic carbocycles. The highest BCUT2D eigenvalue weighted by Gasteiger charge is 2.14. The Balaban J connectivity index is 2.23. The van der Waals surface area contributed by atoms with E-state index in [1.54, 1.807) is 12.1 Å². The lowest BCUT2D eigenvalue weighted by Crippen LogP contribution is -1.87. The Hall–Kier alpha value is -1.82. The first-order valence-electron chi connectivity index (χ1n) is 5.35. The van der Waals surface area contributed by atoms with Crippen LogP contribution in [0.1, 0.15) is 0 Å². The van der Waals surface area contributed by atoms with Crippen molar-refractivity contribution in [3.8, 4) is 11.4 Å². The maximum atomic E-state index is 13.9. The molecule has 0 radical (unpaired) electrons. The summed E-state index contributed by atoms with van der Waals surface area (Å²) in [7, 11) is 0. The Morgan fingerprint density at radius 1 is 1.05 bits per heavy atom. The molecule has 3 rings (SSSR count). The maximum absolute atomic E-state index is 13.9. The number of imidazole rings is 1. The number of aromatic amines is 1. The van der Waals surface area contributed by atoms with Crippen molar-refractivity contribution < 1.29 is 13.2 Å². The molecule has 0 amide bonds. The molecule has 0 aliphatic heterocycles. The molecule has 0 bridgehead atoms. The van der Waals surface area contributed by atoms with Crippen LogP contribution in [-0.2, 0) is 0 Å². The number of aromatic nitrogens is 2. The highest BCUT2D eigenvalue weighted by Crippen LogP contribution is 2.28. The third-order valence-electron chi connectivity index (χ3n) is 2.73. The van der Waals surface area contributed by atoms with E-state index < -0.39 is 17.5 Å². The van der Waals surface area contributed by atoms with Gasteiger partial charge in [0.1, 0.15) is 11.6 Å². The van der Waals surface area contributed by atoms with E-state index in [0.717, 1.165) is 12.1 Å². The summed E-state index contributed by atoms with van der Waals surface area (Å²) in [5, 5.41) is 0. The Bertz CT molecular complexity index is 744. The maximum Gasteiger partial charge on any atom is 0.161 e. The average Bonchev–Trinajstić information content (AvgIpc) is 2.76. The number of halogens is 4.